The fourth-order valence-corrected chi connectivity index (χ4v) is 3.72. The van der Waals surface area contributed by atoms with Crippen molar-refractivity contribution in [1.82, 2.24) is 15.1 Å². The molecule has 1 saturated carbocycles. The van der Waals surface area contributed by atoms with Crippen LogP contribution in [0.5, 0.6) is 0 Å². The van der Waals surface area contributed by atoms with Gasteiger partial charge in [-0.15, -0.1) is 0 Å². The lowest BCUT2D eigenvalue weighted by Gasteiger charge is -2.40. The Bertz CT molecular complexity index is 375. The van der Waals surface area contributed by atoms with E-state index in [1.807, 2.05) is 11.8 Å². The van der Waals surface area contributed by atoms with Crippen molar-refractivity contribution in [2.24, 2.45) is 0 Å². The minimum Gasteiger partial charge on any atom is -0.310 e. The van der Waals surface area contributed by atoms with Gasteiger partial charge in [0.1, 0.15) is 0 Å². The first-order valence-corrected chi connectivity index (χ1v) is 8.75. The summed E-state index contributed by atoms with van der Waals surface area (Å²) in [5.41, 5.74) is 1.17. The summed E-state index contributed by atoms with van der Waals surface area (Å²) in [6.45, 7) is 6.47. The quantitative estimate of drug-likeness (QED) is 0.789. The van der Waals surface area contributed by atoms with Crippen LogP contribution in [0.3, 0.4) is 0 Å². The summed E-state index contributed by atoms with van der Waals surface area (Å²) in [6.07, 6.45) is 10.8. The second kappa shape index (κ2) is 6.80. The van der Waals surface area contributed by atoms with Gasteiger partial charge in [-0.3, -0.25) is 4.68 Å². The molecule has 1 aromatic heterocycles. The number of aromatic nitrogens is 2. The number of rotatable bonds is 8. The third kappa shape index (κ3) is 3.54. The number of hydrogen-bond acceptors (Lipinski definition) is 3. The second-order valence-corrected chi connectivity index (χ2v) is 6.88. The molecule has 0 unspecified atom stereocenters. The molecule has 3 nitrogen and oxygen atoms in total. The highest BCUT2D eigenvalue weighted by atomic mass is 32.2. The normalized spacial score (nSPS) is 17.7. The zero-order chi connectivity index (χ0) is 13.7. The maximum atomic E-state index is 4.69. The van der Waals surface area contributed by atoms with Crippen molar-refractivity contribution in [2.45, 2.75) is 63.3 Å². The van der Waals surface area contributed by atoms with E-state index >= 15 is 0 Å². The van der Waals surface area contributed by atoms with Crippen molar-refractivity contribution in [1.29, 1.82) is 0 Å². The Morgan fingerprint density at radius 3 is 2.68 bits per heavy atom. The number of thioether (sulfide) groups is 1. The van der Waals surface area contributed by atoms with Crippen molar-refractivity contribution >= 4 is 11.8 Å². The smallest absolute Gasteiger partial charge is 0.0762 e. The topological polar surface area (TPSA) is 29.9 Å². The van der Waals surface area contributed by atoms with Gasteiger partial charge in [-0.2, -0.15) is 16.9 Å². The van der Waals surface area contributed by atoms with Crippen molar-refractivity contribution < 1.29 is 0 Å². The molecule has 1 N–H and O–H groups in total. The summed E-state index contributed by atoms with van der Waals surface area (Å²) in [6, 6.07) is 2.70. The first-order chi connectivity index (χ1) is 9.23. The van der Waals surface area contributed by atoms with Gasteiger partial charge >= 0.3 is 0 Å². The van der Waals surface area contributed by atoms with Crippen molar-refractivity contribution in [3.05, 3.63) is 18.0 Å². The van der Waals surface area contributed by atoms with Gasteiger partial charge in [0, 0.05) is 24.0 Å². The highest BCUT2D eigenvalue weighted by molar-refractivity contribution is 8.00. The van der Waals surface area contributed by atoms with Gasteiger partial charge in [-0.25, -0.2) is 0 Å². The summed E-state index contributed by atoms with van der Waals surface area (Å²) in [5, 5.41) is 8.28. The molecular weight excluding hydrogens is 254 g/mol. The van der Waals surface area contributed by atoms with E-state index in [-0.39, 0.29) is 0 Å². The van der Waals surface area contributed by atoms with Gasteiger partial charge in [0.05, 0.1) is 11.7 Å². The van der Waals surface area contributed by atoms with Gasteiger partial charge in [-0.05, 0) is 38.0 Å². The van der Waals surface area contributed by atoms with Crippen LogP contribution in [0.15, 0.2) is 12.3 Å². The molecule has 0 aromatic carbocycles. The molecule has 0 saturated heterocycles. The molecule has 108 valence electrons. The van der Waals surface area contributed by atoms with Gasteiger partial charge in [0.2, 0.25) is 0 Å². The maximum Gasteiger partial charge on any atom is 0.0762 e. The van der Waals surface area contributed by atoms with Crippen LogP contribution in [0.25, 0.3) is 0 Å². The molecule has 1 fully saturated rings. The Morgan fingerprint density at radius 1 is 1.42 bits per heavy atom. The Labute approximate surface area is 121 Å². The van der Waals surface area contributed by atoms with E-state index in [2.05, 4.69) is 47.5 Å². The predicted molar refractivity (Wildman–Crippen MR) is 83.6 cm³/mol. The monoisotopic (exact) mass is 281 g/mol. The van der Waals surface area contributed by atoms with Crippen LogP contribution < -0.4 is 5.32 Å². The average Bonchev–Trinajstić information content (AvgIpc) is 2.83. The number of hydrogen-bond donors (Lipinski definition) is 1. The van der Waals surface area contributed by atoms with E-state index in [4.69, 9.17) is 0 Å². The maximum absolute atomic E-state index is 4.69. The lowest BCUT2D eigenvalue weighted by Crippen LogP contribution is -2.43. The highest BCUT2D eigenvalue weighted by Crippen LogP contribution is 2.42. The van der Waals surface area contributed by atoms with Gasteiger partial charge in [-0.1, -0.05) is 20.3 Å². The molecule has 1 aliphatic carbocycles. The predicted octanol–water partition coefficient (Wildman–Crippen LogP) is 3.62. The van der Waals surface area contributed by atoms with Crippen LogP contribution in [-0.2, 0) is 6.54 Å². The summed E-state index contributed by atoms with van der Waals surface area (Å²) in [7, 11) is 0. The van der Waals surface area contributed by atoms with Crippen LogP contribution in [0.4, 0.5) is 0 Å². The first-order valence-electron chi connectivity index (χ1n) is 7.53. The van der Waals surface area contributed by atoms with Crippen LogP contribution in [-0.4, -0.2) is 27.3 Å². The van der Waals surface area contributed by atoms with Crippen LogP contribution in [0.1, 0.15) is 57.7 Å². The van der Waals surface area contributed by atoms with Crippen molar-refractivity contribution in [3.8, 4) is 0 Å². The standard InChI is InChI=1S/C15H27N3S/c1-4-14(5-2)18-10-7-13(17-18)11-16-12-15(19-3)8-6-9-15/h7,10,14,16H,4-6,8-9,11-12H2,1-3H3. The molecule has 0 spiro atoms. The molecule has 0 amide bonds. The Hall–Kier alpha value is -0.480. The van der Waals surface area contributed by atoms with E-state index < -0.39 is 0 Å². The molecule has 0 atom stereocenters. The zero-order valence-corrected chi connectivity index (χ0v) is 13.3. The summed E-state index contributed by atoms with van der Waals surface area (Å²) in [5.74, 6) is 0. The van der Waals surface area contributed by atoms with Gasteiger partial charge in [0.15, 0.2) is 0 Å². The fourth-order valence-electron chi connectivity index (χ4n) is 2.78. The largest absolute Gasteiger partial charge is 0.310 e. The lowest BCUT2D eigenvalue weighted by molar-refractivity contribution is 0.344. The minimum atomic E-state index is 0.512. The number of nitrogens with zero attached hydrogens (tertiary/aromatic N) is 2. The molecule has 1 aromatic rings. The van der Waals surface area contributed by atoms with Gasteiger partial charge in [0.25, 0.3) is 0 Å². The molecule has 1 heterocycles. The summed E-state index contributed by atoms with van der Waals surface area (Å²) in [4.78, 5) is 0. The first kappa shape index (κ1) is 14.9. The lowest BCUT2D eigenvalue weighted by atomic mass is 9.84. The molecule has 0 aliphatic heterocycles. The number of nitrogens with one attached hydrogen (secondary N) is 1. The Morgan fingerprint density at radius 2 is 2.16 bits per heavy atom. The van der Waals surface area contributed by atoms with E-state index in [1.165, 1.54) is 25.0 Å². The Kier molecular flexibility index (Phi) is 5.34. The van der Waals surface area contributed by atoms with Gasteiger partial charge < -0.3 is 5.32 Å². The highest BCUT2D eigenvalue weighted by Gasteiger charge is 2.35. The van der Waals surface area contributed by atoms with Crippen molar-refractivity contribution in [2.75, 3.05) is 12.8 Å². The molecule has 1 aliphatic rings. The third-order valence-electron chi connectivity index (χ3n) is 4.43. The molecule has 19 heavy (non-hydrogen) atoms. The third-order valence-corrected chi connectivity index (χ3v) is 5.85. The van der Waals surface area contributed by atoms with E-state index in [1.54, 1.807) is 0 Å². The molecule has 0 radical (unpaired) electrons. The second-order valence-electron chi connectivity index (χ2n) is 5.60. The SMILES string of the molecule is CCC(CC)n1ccc(CNCC2(SC)CCC2)n1. The summed E-state index contributed by atoms with van der Waals surface area (Å²) >= 11 is 2.02. The molecule has 0 bridgehead atoms. The van der Waals surface area contributed by atoms with Crippen LogP contribution >= 0.6 is 11.8 Å². The Balaban J connectivity index is 1.80. The fraction of sp³-hybridized carbons (Fsp3) is 0.800. The van der Waals surface area contributed by atoms with Crippen LogP contribution in [0.2, 0.25) is 0 Å². The van der Waals surface area contributed by atoms with E-state index in [0.29, 0.717) is 10.8 Å². The van der Waals surface area contributed by atoms with Crippen LogP contribution in [0, 0.1) is 0 Å². The average molecular weight is 281 g/mol. The molecule has 2 rings (SSSR count). The molecule has 4 heteroatoms. The molecular formula is C15H27N3S. The van der Waals surface area contributed by atoms with E-state index in [9.17, 15) is 0 Å². The van der Waals surface area contributed by atoms with E-state index in [0.717, 1.165) is 25.9 Å². The summed E-state index contributed by atoms with van der Waals surface area (Å²) < 4.78 is 2.64. The zero-order valence-electron chi connectivity index (χ0n) is 12.5. The minimum absolute atomic E-state index is 0.512. The van der Waals surface area contributed by atoms with Crippen molar-refractivity contribution in [3.63, 3.8) is 0 Å².